The van der Waals surface area contributed by atoms with Crippen LogP contribution in [0.15, 0.2) is 59.7 Å². The molecule has 0 saturated heterocycles. The number of para-hydroxylation sites is 1. The summed E-state index contributed by atoms with van der Waals surface area (Å²) in [7, 11) is 0. The molecule has 4 rings (SSSR count). The highest BCUT2D eigenvalue weighted by molar-refractivity contribution is 7.20. The van der Waals surface area contributed by atoms with Crippen LogP contribution in [0.4, 0.5) is 5.69 Å². The number of hydrogen-bond acceptors (Lipinski definition) is 4. The zero-order chi connectivity index (χ0) is 22.1. The lowest BCUT2D eigenvalue weighted by Gasteiger charge is -2.09. The van der Waals surface area contributed by atoms with Crippen molar-refractivity contribution in [1.29, 1.82) is 0 Å². The highest BCUT2D eigenvalue weighted by atomic mass is 32.1. The average molecular weight is 432 g/mol. The second-order valence-electron chi connectivity index (χ2n) is 8.08. The lowest BCUT2D eigenvalue weighted by molar-refractivity contribution is 0.103. The van der Waals surface area contributed by atoms with Crippen LogP contribution in [0, 0.1) is 13.8 Å². The van der Waals surface area contributed by atoms with Gasteiger partial charge in [-0.3, -0.25) is 14.2 Å². The summed E-state index contributed by atoms with van der Waals surface area (Å²) in [5.74, 6) is 0.248. The Labute approximate surface area is 185 Å². The van der Waals surface area contributed by atoms with E-state index >= 15 is 0 Å². The van der Waals surface area contributed by atoms with Crippen molar-refractivity contribution < 1.29 is 4.79 Å². The molecule has 0 radical (unpaired) electrons. The molecule has 2 aromatic heterocycles. The van der Waals surface area contributed by atoms with Crippen molar-refractivity contribution in [3.63, 3.8) is 0 Å². The van der Waals surface area contributed by atoms with Crippen LogP contribution in [0.5, 0.6) is 0 Å². The van der Waals surface area contributed by atoms with Crippen molar-refractivity contribution in [2.75, 3.05) is 5.32 Å². The molecular formula is C25H25N3O2S. The number of aryl methyl sites for hydroxylation is 2. The van der Waals surface area contributed by atoms with Crippen LogP contribution in [0.2, 0.25) is 0 Å². The largest absolute Gasteiger partial charge is 0.321 e. The minimum Gasteiger partial charge on any atom is -0.321 e. The van der Waals surface area contributed by atoms with Crippen LogP contribution in [0.3, 0.4) is 0 Å². The predicted octanol–water partition coefficient (Wildman–Crippen LogP) is 5.50. The van der Waals surface area contributed by atoms with Gasteiger partial charge in [0.15, 0.2) is 0 Å². The molecule has 158 valence electrons. The first-order valence-corrected chi connectivity index (χ1v) is 11.1. The summed E-state index contributed by atoms with van der Waals surface area (Å²) in [6.45, 7) is 8.52. The standard InChI is InChI=1S/C25H25N3O2S/c1-15(2)19-11-9-18(10-12-19)13-28-14-26-24-21(25(28)30)17(4)22(31-24)23(29)27-20-8-6-5-7-16(20)3/h5-12,14-15H,13H2,1-4H3,(H,27,29). The molecular weight excluding hydrogens is 406 g/mol. The molecule has 5 nitrogen and oxygen atoms in total. The highest BCUT2D eigenvalue weighted by Crippen LogP contribution is 2.28. The number of carbonyl (C=O) groups is 1. The molecule has 0 unspecified atom stereocenters. The van der Waals surface area contributed by atoms with E-state index in [0.29, 0.717) is 33.1 Å². The van der Waals surface area contributed by atoms with Crippen LogP contribution in [0.1, 0.15) is 51.7 Å². The van der Waals surface area contributed by atoms with E-state index in [4.69, 9.17) is 0 Å². The number of fused-ring (bicyclic) bond motifs is 1. The molecule has 1 N–H and O–H groups in total. The Morgan fingerprint density at radius 1 is 1.10 bits per heavy atom. The number of aromatic nitrogens is 2. The molecule has 0 fully saturated rings. The summed E-state index contributed by atoms with van der Waals surface area (Å²) in [6.07, 6.45) is 1.57. The number of thiophene rings is 1. The number of benzene rings is 2. The topological polar surface area (TPSA) is 64.0 Å². The van der Waals surface area contributed by atoms with E-state index in [1.165, 1.54) is 16.9 Å². The average Bonchev–Trinajstić information content (AvgIpc) is 3.09. The Morgan fingerprint density at radius 2 is 1.81 bits per heavy atom. The van der Waals surface area contributed by atoms with E-state index in [1.54, 1.807) is 10.9 Å². The van der Waals surface area contributed by atoms with Crippen molar-refractivity contribution in [3.8, 4) is 0 Å². The first kappa shape index (κ1) is 21.0. The maximum Gasteiger partial charge on any atom is 0.266 e. The molecule has 4 aromatic rings. The normalized spacial score (nSPS) is 11.3. The zero-order valence-corrected chi connectivity index (χ0v) is 18.9. The third-order valence-corrected chi connectivity index (χ3v) is 6.71. The number of rotatable bonds is 5. The first-order chi connectivity index (χ1) is 14.8. The molecule has 1 amide bonds. The fraction of sp³-hybridized carbons (Fsp3) is 0.240. The van der Waals surface area contributed by atoms with Gasteiger partial charge in [-0.05, 0) is 48.1 Å². The number of nitrogens with one attached hydrogen (secondary N) is 1. The van der Waals surface area contributed by atoms with Gasteiger partial charge in [0.05, 0.1) is 23.1 Å². The van der Waals surface area contributed by atoms with E-state index in [0.717, 1.165) is 16.8 Å². The van der Waals surface area contributed by atoms with E-state index in [-0.39, 0.29) is 11.5 Å². The van der Waals surface area contributed by atoms with Crippen LogP contribution in [-0.2, 0) is 6.54 Å². The summed E-state index contributed by atoms with van der Waals surface area (Å²) >= 11 is 1.25. The number of anilines is 1. The number of hydrogen-bond donors (Lipinski definition) is 1. The lowest BCUT2D eigenvalue weighted by atomic mass is 10.0. The van der Waals surface area contributed by atoms with Crippen molar-refractivity contribution in [2.45, 2.75) is 40.2 Å². The smallest absolute Gasteiger partial charge is 0.266 e. The number of amides is 1. The Bertz CT molecular complexity index is 1320. The number of nitrogens with zero attached hydrogens (tertiary/aromatic N) is 2. The summed E-state index contributed by atoms with van der Waals surface area (Å²) < 4.78 is 1.61. The van der Waals surface area contributed by atoms with Gasteiger partial charge in [-0.25, -0.2) is 4.98 Å². The summed E-state index contributed by atoms with van der Waals surface area (Å²) in [5, 5.41) is 3.47. The Hall–Kier alpha value is -3.25. The third-order valence-electron chi connectivity index (χ3n) is 5.52. The lowest BCUT2D eigenvalue weighted by Crippen LogP contribution is -2.21. The molecule has 0 saturated carbocycles. The van der Waals surface area contributed by atoms with E-state index < -0.39 is 0 Å². The van der Waals surface area contributed by atoms with Crippen molar-refractivity contribution >= 4 is 33.1 Å². The van der Waals surface area contributed by atoms with Crippen LogP contribution >= 0.6 is 11.3 Å². The van der Waals surface area contributed by atoms with E-state index in [2.05, 4.69) is 36.3 Å². The minimum absolute atomic E-state index is 0.123. The Morgan fingerprint density at radius 3 is 2.48 bits per heavy atom. The summed E-state index contributed by atoms with van der Waals surface area (Å²) in [5.41, 5.74) is 4.61. The molecule has 6 heteroatoms. The van der Waals surface area contributed by atoms with E-state index in [1.807, 2.05) is 50.2 Å². The van der Waals surface area contributed by atoms with Crippen LogP contribution in [-0.4, -0.2) is 15.5 Å². The van der Waals surface area contributed by atoms with Gasteiger partial charge >= 0.3 is 0 Å². The van der Waals surface area contributed by atoms with E-state index in [9.17, 15) is 9.59 Å². The molecule has 2 aromatic carbocycles. The highest BCUT2D eigenvalue weighted by Gasteiger charge is 2.20. The Kier molecular flexibility index (Phi) is 5.74. The first-order valence-electron chi connectivity index (χ1n) is 10.3. The molecule has 0 atom stereocenters. The monoisotopic (exact) mass is 431 g/mol. The van der Waals surface area contributed by atoms with Crippen molar-refractivity contribution in [3.05, 3.63) is 92.3 Å². The van der Waals surface area contributed by atoms with Gasteiger partial charge in [-0.1, -0.05) is 56.3 Å². The Balaban J connectivity index is 1.65. The molecule has 0 aliphatic heterocycles. The summed E-state index contributed by atoms with van der Waals surface area (Å²) in [6, 6.07) is 15.9. The van der Waals surface area contributed by atoms with Gasteiger partial charge in [0.25, 0.3) is 11.5 Å². The summed E-state index contributed by atoms with van der Waals surface area (Å²) in [4.78, 5) is 31.6. The molecule has 0 aliphatic carbocycles. The van der Waals surface area contributed by atoms with Gasteiger partial charge in [0, 0.05) is 5.69 Å². The molecule has 0 spiro atoms. The van der Waals surface area contributed by atoms with Crippen molar-refractivity contribution in [2.24, 2.45) is 0 Å². The van der Waals surface area contributed by atoms with Gasteiger partial charge in [-0.15, -0.1) is 11.3 Å². The van der Waals surface area contributed by atoms with Crippen molar-refractivity contribution in [1.82, 2.24) is 9.55 Å². The second-order valence-corrected chi connectivity index (χ2v) is 9.08. The molecule has 31 heavy (non-hydrogen) atoms. The fourth-order valence-corrected chi connectivity index (χ4v) is 4.62. The zero-order valence-electron chi connectivity index (χ0n) is 18.1. The van der Waals surface area contributed by atoms with Gasteiger partial charge < -0.3 is 5.32 Å². The maximum absolute atomic E-state index is 13.2. The molecule has 2 heterocycles. The quantitative estimate of drug-likeness (QED) is 0.454. The molecule has 0 bridgehead atoms. The number of carbonyl (C=O) groups excluding carboxylic acids is 1. The second kappa shape index (κ2) is 8.47. The third kappa shape index (κ3) is 4.16. The maximum atomic E-state index is 13.2. The SMILES string of the molecule is Cc1ccccc1NC(=O)c1sc2ncn(Cc3ccc(C(C)C)cc3)c(=O)c2c1C. The van der Waals surface area contributed by atoms with Gasteiger partial charge in [0.2, 0.25) is 0 Å². The van der Waals surface area contributed by atoms with Crippen LogP contribution in [0.25, 0.3) is 10.2 Å². The fourth-order valence-electron chi connectivity index (χ4n) is 3.59. The van der Waals surface area contributed by atoms with Gasteiger partial charge in [0.1, 0.15) is 4.83 Å². The van der Waals surface area contributed by atoms with Gasteiger partial charge in [-0.2, -0.15) is 0 Å². The minimum atomic E-state index is -0.218. The van der Waals surface area contributed by atoms with Crippen LogP contribution < -0.4 is 10.9 Å². The molecule has 0 aliphatic rings. The predicted molar refractivity (Wildman–Crippen MR) is 127 cm³/mol.